The minimum absolute atomic E-state index is 0.0850. The van der Waals surface area contributed by atoms with Gasteiger partial charge in [-0.2, -0.15) is 0 Å². The quantitative estimate of drug-likeness (QED) is 0.808. The number of nitrogens with one attached hydrogen (secondary N) is 1. The highest BCUT2D eigenvalue weighted by atomic mass is 32.1. The van der Waals surface area contributed by atoms with Crippen LogP contribution in [0.15, 0.2) is 18.2 Å². The molecule has 0 aliphatic rings. The zero-order valence-corrected chi connectivity index (χ0v) is 12.9. The Morgan fingerprint density at radius 3 is 2.37 bits per heavy atom. The van der Waals surface area contributed by atoms with Gasteiger partial charge in [-0.05, 0) is 43.6 Å². The molecule has 0 radical (unpaired) electrons. The molecule has 2 rings (SSSR count). The van der Waals surface area contributed by atoms with Crippen LogP contribution >= 0.6 is 12.2 Å². The highest BCUT2D eigenvalue weighted by Gasteiger charge is 2.28. The van der Waals surface area contributed by atoms with Crippen molar-refractivity contribution in [2.75, 3.05) is 7.11 Å². The van der Waals surface area contributed by atoms with Gasteiger partial charge in [0.25, 0.3) is 0 Å². The molecule has 1 aromatic heterocycles. The van der Waals surface area contributed by atoms with Crippen LogP contribution in [0.3, 0.4) is 0 Å². The first-order chi connectivity index (χ1) is 9.11. The lowest BCUT2D eigenvalue weighted by Gasteiger charge is -2.33. The third kappa shape index (κ3) is 2.18. The third-order valence-corrected chi connectivity index (χ3v) is 4.62. The summed E-state index contributed by atoms with van der Waals surface area (Å²) in [6.07, 6.45) is 3.20. The second-order valence-corrected chi connectivity index (χ2v) is 5.32. The second-order valence-electron chi connectivity index (χ2n) is 4.93. The fraction of sp³-hybridized carbons (Fsp3) is 0.533. The van der Waals surface area contributed by atoms with Gasteiger partial charge in [-0.3, -0.25) is 0 Å². The largest absolute Gasteiger partial charge is 0.497 e. The van der Waals surface area contributed by atoms with Crippen molar-refractivity contribution in [3.8, 4) is 5.75 Å². The number of methoxy groups -OCH3 is 1. The van der Waals surface area contributed by atoms with Gasteiger partial charge in [0.2, 0.25) is 0 Å². The molecule has 0 spiro atoms. The molecule has 104 valence electrons. The Morgan fingerprint density at radius 2 is 1.84 bits per heavy atom. The van der Waals surface area contributed by atoms with Gasteiger partial charge in [-0.15, -0.1) is 0 Å². The van der Waals surface area contributed by atoms with Crippen LogP contribution in [0.2, 0.25) is 0 Å². The van der Waals surface area contributed by atoms with E-state index in [9.17, 15) is 0 Å². The summed E-state index contributed by atoms with van der Waals surface area (Å²) in [5, 5.41) is 0. The zero-order valence-electron chi connectivity index (χ0n) is 12.1. The Morgan fingerprint density at radius 1 is 1.21 bits per heavy atom. The molecule has 0 aliphatic heterocycles. The number of H-pyrrole nitrogens is 1. The fourth-order valence-electron chi connectivity index (χ4n) is 2.90. The molecule has 3 nitrogen and oxygen atoms in total. The maximum absolute atomic E-state index is 5.55. The van der Waals surface area contributed by atoms with Crippen LogP contribution in [0.25, 0.3) is 11.0 Å². The van der Waals surface area contributed by atoms with Crippen molar-refractivity contribution < 1.29 is 4.74 Å². The van der Waals surface area contributed by atoms with Gasteiger partial charge in [-0.1, -0.05) is 20.8 Å². The lowest BCUT2D eigenvalue weighted by atomic mass is 9.89. The summed E-state index contributed by atoms with van der Waals surface area (Å²) in [4.78, 5) is 3.31. The zero-order chi connectivity index (χ0) is 14.0. The van der Waals surface area contributed by atoms with E-state index in [-0.39, 0.29) is 5.54 Å². The van der Waals surface area contributed by atoms with Crippen LogP contribution in [0.5, 0.6) is 5.75 Å². The second kappa shape index (κ2) is 5.37. The van der Waals surface area contributed by atoms with Crippen LogP contribution in [0.1, 0.15) is 40.0 Å². The molecule has 2 aromatic rings. The molecule has 1 N–H and O–H groups in total. The Hall–Kier alpha value is -1.29. The summed E-state index contributed by atoms with van der Waals surface area (Å²) in [7, 11) is 1.69. The Kier molecular flexibility index (Phi) is 3.99. The summed E-state index contributed by atoms with van der Waals surface area (Å²) in [6.45, 7) is 6.69. The summed E-state index contributed by atoms with van der Waals surface area (Å²) in [5.74, 6) is 0.868. The van der Waals surface area contributed by atoms with E-state index < -0.39 is 0 Å². The van der Waals surface area contributed by atoms with Crippen molar-refractivity contribution in [3.63, 3.8) is 0 Å². The summed E-state index contributed by atoms with van der Waals surface area (Å²) < 4.78 is 8.42. The third-order valence-electron chi connectivity index (χ3n) is 4.34. The molecule has 0 aliphatic carbocycles. The maximum atomic E-state index is 5.55. The van der Waals surface area contributed by atoms with E-state index in [0.29, 0.717) is 0 Å². The molecule has 4 heteroatoms. The van der Waals surface area contributed by atoms with E-state index in [2.05, 4.69) is 36.4 Å². The number of aromatic amines is 1. The fourth-order valence-corrected chi connectivity index (χ4v) is 3.31. The molecular weight excluding hydrogens is 256 g/mol. The molecule has 0 saturated carbocycles. The lowest BCUT2D eigenvalue weighted by molar-refractivity contribution is 0.255. The summed E-state index contributed by atoms with van der Waals surface area (Å²) in [6, 6.07) is 6.06. The predicted octanol–water partition coefficient (Wildman–Crippen LogP) is 4.63. The highest BCUT2D eigenvalue weighted by molar-refractivity contribution is 7.71. The van der Waals surface area contributed by atoms with E-state index in [1.165, 1.54) is 0 Å². The van der Waals surface area contributed by atoms with E-state index in [1.807, 2.05) is 12.1 Å². The first-order valence-corrected chi connectivity index (χ1v) is 7.32. The predicted molar refractivity (Wildman–Crippen MR) is 82.5 cm³/mol. The number of nitrogens with zero attached hydrogens (tertiary/aromatic N) is 1. The van der Waals surface area contributed by atoms with E-state index in [0.717, 1.165) is 40.8 Å². The molecule has 1 aromatic carbocycles. The average Bonchev–Trinajstić information content (AvgIpc) is 2.78. The van der Waals surface area contributed by atoms with Crippen molar-refractivity contribution in [2.24, 2.45) is 0 Å². The molecule has 0 bridgehead atoms. The van der Waals surface area contributed by atoms with Crippen molar-refractivity contribution in [1.82, 2.24) is 9.55 Å². The topological polar surface area (TPSA) is 29.9 Å². The molecule has 0 atom stereocenters. The van der Waals surface area contributed by atoms with E-state index in [1.54, 1.807) is 7.11 Å². The Balaban J connectivity index is 2.77. The average molecular weight is 278 g/mol. The molecule has 0 fully saturated rings. The molecule has 0 unspecified atom stereocenters. The molecule has 0 saturated heterocycles. The van der Waals surface area contributed by atoms with Crippen LogP contribution < -0.4 is 4.74 Å². The van der Waals surface area contributed by atoms with Crippen molar-refractivity contribution in [1.29, 1.82) is 0 Å². The Labute approximate surface area is 119 Å². The first-order valence-electron chi connectivity index (χ1n) is 6.91. The van der Waals surface area contributed by atoms with Gasteiger partial charge in [0.1, 0.15) is 5.75 Å². The monoisotopic (exact) mass is 278 g/mol. The molecular formula is C15H22N2OS. The first kappa shape index (κ1) is 14.1. The van der Waals surface area contributed by atoms with Gasteiger partial charge in [0.05, 0.1) is 18.1 Å². The van der Waals surface area contributed by atoms with Crippen molar-refractivity contribution in [3.05, 3.63) is 23.0 Å². The molecule has 19 heavy (non-hydrogen) atoms. The highest BCUT2D eigenvalue weighted by Crippen LogP contribution is 2.34. The minimum atomic E-state index is 0.0850. The summed E-state index contributed by atoms with van der Waals surface area (Å²) in [5.41, 5.74) is 2.29. The Bertz CT molecular complexity index is 614. The van der Waals surface area contributed by atoms with Crippen molar-refractivity contribution in [2.45, 2.75) is 45.6 Å². The smallest absolute Gasteiger partial charge is 0.178 e. The van der Waals surface area contributed by atoms with Gasteiger partial charge >= 0.3 is 0 Å². The van der Waals surface area contributed by atoms with Crippen LogP contribution in [0, 0.1) is 4.77 Å². The summed E-state index contributed by atoms with van der Waals surface area (Å²) >= 11 is 5.55. The van der Waals surface area contributed by atoms with Gasteiger partial charge in [-0.25, -0.2) is 0 Å². The van der Waals surface area contributed by atoms with Gasteiger partial charge in [0.15, 0.2) is 4.77 Å². The standard InChI is InChI=1S/C15H22N2OS/c1-5-15(6-2,7-3)17-13-10-11(18-4)8-9-12(13)16-14(17)19/h8-10H,5-7H2,1-4H3,(H,16,19). The number of hydrogen-bond donors (Lipinski definition) is 1. The number of imidazole rings is 1. The number of hydrogen-bond acceptors (Lipinski definition) is 2. The molecule has 1 heterocycles. The number of aromatic nitrogens is 2. The number of ether oxygens (including phenoxy) is 1. The van der Waals surface area contributed by atoms with E-state index >= 15 is 0 Å². The van der Waals surface area contributed by atoms with Crippen LogP contribution in [0.4, 0.5) is 0 Å². The minimum Gasteiger partial charge on any atom is -0.497 e. The van der Waals surface area contributed by atoms with Gasteiger partial charge in [0, 0.05) is 11.6 Å². The number of rotatable bonds is 5. The maximum Gasteiger partial charge on any atom is 0.178 e. The van der Waals surface area contributed by atoms with Crippen LogP contribution in [-0.2, 0) is 5.54 Å². The molecule has 0 amide bonds. The van der Waals surface area contributed by atoms with Crippen molar-refractivity contribution >= 4 is 23.3 Å². The van der Waals surface area contributed by atoms with Gasteiger partial charge < -0.3 is 14.3 Å². The number of fused-ring (bicyclic) bond motifs is 1. The van der Waals surface area contributed by atoms with E-state index in [4.69, 9.17) is 17.0 Å². The SMILES string of the molecule is CCC(CC)(CC)n1c(=S)[nH]c2ccc(OC)cc21. The van der Waals surface area contributed by atoms with Crippen LogP contribution in [-0.4, -0.2) is 16.7 Å². The normalized spacial score (nSPS) is 12.0. The number of benzene rings is 1. The lowest BCUT2D eigenvalue weighted by Crippen LogP contribution is -2.31.